The van der Waals surface area contributed by atoms with Gasteiger partial charge in [-0.25, -0.2) is 0 Å². The van der Waals surface area contributed by atoms with Crippen molar-refractivity contribution in [1.29, 1.82) is 0 Å². The Balaban J connectivity index is 1.33. The average Bonchev–Trinajstić information content (AvgIpc) is 3.39. The first-order valence-electron chi connectivity index (χ1n) is 12.3. The molecule has 6 rings (SSSR count). The predicted molar refractivity (Wildman–Crippen MR) is 144 cm³/mol. The van der Waals surface area contributed by atoms with E-state index in [9.17, 15) is 0 Å². The zero-order valence-electron chi connectivity index (χ0n) is 19.7. The molecular formula is C31H28ClNO2. The molecular weight excluding hydrogens is 454 g/mol. The van der Waals surface area contributed by atoms with E-state index in [4.69, 9.17) is 21.1 Å². The van der Waals surface area contributed by atoms with Gasteiger partial charge in [-0.3, -0.25) is 0 Å². The zero-order valence-corrected chi connectivity index (χ0v) is 20.5. The van der Waals surface area contributed by atoms with Gasteiger partial charge in [-0.05, 0) is 65.6 Å². The lowest BCUT2D eigenvalue weighted by atomic mass is 9.76. The lowest BCUT2D eigenvalue weighted by Crippen LogP contribution is -2.29. The average molecular weight is 482 g/mol. The minimum atomic E-state index is 0.192. The molecule has 0 unspecified atom stereocenters. The number of halogens is 1. The first kappa shape index (κ1) is 22.1. The summed E-state index contributed by atoms with van der Waals surface area (Å²) in [7, 11) is 0. The summed E-state index contributed by atoms with van der Waals surface area (Å²) in [6, 6.07) is 27.5. The van der Waals surface area contributed by atoms with Crippen LogP contribution in [0, 0.1) is 5.92 Å². The zero-order chi connectivity index (χ0) is 23.8. The summed E-state index contributed by atoms with van der Waals surface area (Å²) < 4.78 is 12.2. The minimum absolute atomic E-state index is 0.192. The van der Waals surface area contributed by atoms with Gasteiger partial charge < -0.3 is 14.8 Å². The number of hydrogen-bond acceptors (Lipinski definition) is 3. The number of benzene rings is 4. The Morgan fingerprint density at radius 1 is 0.914 bits per heavy atom. The maximum atomic E-state index is 6.16. The molecule has 1 aliphatic heterocycles. The molecule has 1 N–H and O–H groups in total. The smallest absolute Gasteiger partial charge is 0.161 e. The van der Waals surface area contributed by atoms with Gasteiger partial charge in [0.25, 0.3) is 0 Å². The van der Waals surface area contributed by atoms with E-state index in [2.05, 4.69) is 66.0 Å². The van der Waals surface area contributed by atoms with Crippen LogP contribution in [0.15, 0.2) is 91.0 Å². The van der Waals surface area contributed by atoms with Gasteiger partial charge >= 0.3 is 0 Å². The second-order valence-corrected chi connectivity index (χ2v) is 9.72. The summed E-state index contributed by atoms with van der Waals surface area (Å²) in [5.41, 5.74) is 4.94. The van der Waals surface area contributed by atoms with Gasteiger partial charge in [-0.1, -0.05) is 78.4 Å². The lowest BCUT2D eigenvalue weighted by molar-refractivity contribution is 0.268. The maximum Gasteiger partial charge on any atom is 0.161 e. The van der Waals surface area contributed by atoms with Crippen molar-refractivity contribution in [3.05, 3.63) is 113 Å². The third-order valence-electron chi connectivity index (χ3n) is 7.20. The largest absolute Gasteiger partial charge is 0.490 e. The molecule has 4 heteroatoms. The van der Waals surface area contributed by atoms with Gasteiger partial charge in [0, 0.05) is 22.0 Å². The van der Waals surface area contributed by atoms with Gasteiger partial charge in [-0.2, -0.15) is 0 Å². The van der Waals surface area contributed by atoms with Crippen molar-refractivity contribution in [2.24, 2.45) is 5.92 Å². The highest BCUT2D eigenvalue weighted by Crippen LogP contribution is 2.52. The third kappa shape index (κ3) is 4.15. The summed E-state index contributed by atoms with van der Waals surface area (Å²) in [4.78, 5) is 0. The number of rotatable bonds is 6. The number of hydrogen-bond donors (Lipinski definition) is 1. The minimum Gasteiger partial charge on any atom is -0.490 e. The van der Waals surface area contributed by atoms with Crippen LogP contribution < -0.4 is 14.8 Å². The van der Waals surface area contributed by atoms with Crippen molar-refractivity contribution in [2.75, 3.05) is 11.9 Å². The maximum absolute atomic E-state index is 6.16. The highest BCUT2D eigenvalue weighted by molar-refractivity contribution is 6.30. The van der Waals surface area contributed by atoms with E-state index in [-0.39, 0.29) is 6.04 Å². The van der Waals surface area contributed by atoms with Gasteiger partial charge in [-0.15, -0.1) is 0 Å². The normalized spacial score (nSPS) is 20.2. The second-order valence-electron chi connectivity index (χ2n) is 9.28. The van der Waals surface area contributed by atoms with Crippen molar-refractivity contribution in [2.45, 2.75) is 31.9 Å². The highest BCUT2D eigenvalue weighted by atomic mass is 35.5. The van der Waals surface area contributed by atoms with Crippen molar-refractivity contribution in [3.8, 4) is 11.5 Å². The van der Waals surface area contributed by atoms with Crippen LogP contribution in [0.1, 0.15) is 42.0 Å². The first-order chi connectivity index (χ1) is 17.2. The molecule has 3 nitrogen and oxygen atoms in total. The van der Waals surface area contributed by atoms with Crippen LogP contribution in [0.4, 0.5) is 5.69 Å². The van der Waals surface area contributed by atoms with E-state index >= 15 is 0 Å². The van der Waals surface area contributed by atoms with Crippen molar-refractivity contribution < 1.29 is 9.47 Å². The fourth-order valence-electron chi connectivity index (χ4n) is 5.52. The Bertz CT molecular complexity index is 1400. The molecule has 35 heavy (non-hydrogen) atoms. The first-order valence-corrected chi connectivity index (χ1v) is 12.7. The molecule has 0 saturated heterocycles. The monoisotopic (exact) mass is 481 g/mol. The molecule has 2 aliphatic rings. The molecule has 0 spiro atoms. The molecule has 3 atom stereocenters. The van der Waals surface area contributed by atoms with E-state index in [0.717, 1.165) is 28.5 Å². The topological polar surface area (TPSA) is 30.5 Å². The Kier molecular flexibility index (Phi) is 5.87. The Hall–Kier alpha value is -3.43. The number of fused-ring (bicyclic) bond motifs is 5. The summed E-state index contributed by atoms with van der Waals surface area (Å²) in [6.45, 7) is 3.06. The van der Waals surface area contributed by atoms with E-state index in [1.165, 1.54) is 27.6 Å². The van der Waals surface area contributed by atoms with Crippen LogP contribution >= 0.6 is 11.6 Å². The summed E-state index contributed by atoms with van der Waals surface area (Å²) >= 11 is 6.02. The molecule has 4 aromatic carbocycles. The van der Waals surface area contributed by atoms with Crippen LogP contribution in [0.25, 0.3) is 10.8 Å². The van der Waals surface area contributed by atoms with Gasteiger partial charge in [0.2, 0.25) is 0 Å². The molecule has 0 amide bonds. The number of ether oxygens (including phenoxy) is 2. The summed E-state index contributed by atoms with van der Waals surface area (Å²) in [6.07, 6.45) is 5.79. The van der Waals surface area contributed by atoms with E-state index in [1.54, 1.807) is 0 Å². The van der Waals surface area contributed by atoms with Gasteiger partial charge in [0.1, 0.15) is 6.61 Å². The van der Waals surface area contributed by atoms with Gasteiger partial charge in [0.05, 0.1) is 12.6 Å². The van der Waals surface area contributed by atoms with Crippen LogP contribution in [0.3, 0.4) is 0 Å². The van der Waals surface area contributed by atoms with Crippen LogP contribution in [0.5, 0.6) is 11.5 Å². The molecule has 1 heterocycles. The van der Waals surface area contributed by atoms with Crippen LogP contribution in [-0.4, -0.2) is 6.61 Å². The molecule has 0 bridgehead atoms. The third-order valence-corrected chi connectivity index (χ3v) is 7.45. The molecule has 0 radical (unpaired) electrons. The number of anilines is 1. The lowest BCUT2D eigenvalue weighted by Gasteiger charge is -2.38. The fraction of sp³-hybridized carbons (Fsp3) is 0.226. The van der Waals surface area contributed by atoms with Crippen LogP contribution in [0.2, 0.25) is 5.02 Å². The molecule has 0 saturated carbocycles. The van der Waals surface area contributed by atoms with Crippen LogP contribution in [-0.2, 0) is 6.61 Å². The summed E-state index contributed by atoms with van der Waals surface area (Å²) in [5, 5.41) is 7.20. The van der Waals surface area contributed by atoms with Crippen molar-refractivity contribution in [1.82, 2.24) is 0 Å². The van der Waals surface area contributed by atoms with E-state index in [1.807, 2.05) is 37.3 Å². The molecule has 0 aromatic heterocycles. The standard InChI is InChI=1S/C31H28ClNO2/c1-2-34-29-18-22(13-17-28(29)35-19-20-10-14-23(32)15-11-20)30-26-9-5-8-25(26)27-16-12-21-6-3-4-7-24(21)31(27)33-30/h3-8,10-18,25-26,30,33H,2,9,19H2,1H3/t25-,26-,30+/m1/s1. The van der Waals surface area contributed by atoms with E-state index < -0.39 is 0 Å². The Labute approximate surface area is 211 Å². The summed E-state index contributed by atoms with van der Waals surface area (Å²) in [5.74, 6) is 2.43. The Morgan fingerprint density at radius 2 is 1.77 bits per heavy atom. The SMILES string of the molecule is CCOc1cc([C@@H]2Nc3c(ccc4ccccc34)[C@@H]3C=CC[C@H]32)ccc1OCc1ccc(Cl)cc1. The van der Waals surface area contributed by atoms with E-state index in [0.29, 0.717) is 25.0 Å². The Morgan fingerprint density at radius 3 is 2.63 bits per heavy atom. The van der Waals surface area contributed by atoms with Crippen molar-refractivity contribution in [3.63, 3.8) is 0 Å². The molecule has 0 fully saturated rings. The molecule has 176 valence electrons. The predicted octanol–water partition coefficient (Wildman–Crippen LogP) is 8.30. The van der Waals surface area contributed by atoms with Gasteiger partial charge in [0.15, 0.2) is 11.5 Å². The molecule has 4 aromatic rings. The highest BCUT2D eigenvalue weighted by Gasteiger charge is 2.38. The fourth-order valence-corrected chi connectivity index (χ4v) is 5.64. The second kappa shape index (κ2) is 9.31. The molecule has 1 aliphatic carbocycles. The van der Waals surface area contributed by atoms with Crippen molar-refractivity contribution >= 4 is 28.1 Å². The number of allylic oxidation sites excluding steroid dienone is 2. The number of nitrogens with one attached hydrogen (secondary N) is 1. The quantitative estimate of drug-likeness (QED) is 0.281.